The molecule has 1 amide bonds. The summed E-state index contributed by atoms with van der Waals surface area (Å²) in [4.78, 5) is 15.5. The Hall–Kier alpha value is -3.91. The van der Waals surface area contributed by atoms with Crippen molar-refractivity contribution in [2.45, 2.75) is 52.3 Å². The van der Waals surface area contributed by atoms with E-state index >= 15 is 0 Å². The minimum absolute atomic E-state index is 0.00344. The Morgan fingerprint density at radius 2 is 1.66 bits per heavy atom. The molecule has 1 aliphatic heterocycles. The predicted octanol–water partition coefficient (Wildman–Crippen LogP) is 5.36. The number of fused-ring (bicyclic) bond motifs is 1. The van der Waals surface area contributed by atoms with Gasteiger partial charge < -0.3 is 29.0 Å². The van der Waals surface area contributed by atoms with Crippen molar-refractivity contribution in [3.63, 3.8) is 0 Å². The van der Waals surface area contributed by atoms with Crippen LogP contribution >= 0.6 is 0 Å². The third-order valence-electron chi connectivity index (χ3n) is 7.23. The van der Waals surface area contributed by atoms with E-state index in [1.54, 1.807) is 21.3 Å². The summed E-state index contributed by atoms with van der Waals surface area (Å²) in [5.41, 5.74) is 4.37. The number of carbonyl (C=O) groups is 1. The lowest BCUT2D eigenvalue weighted by Crippen LogP contribution is -2.43. The average molecular weight is 563 g/mol. The summed E-state index contributed by atoms with van der Waals surface area (Å²) < 4.78 is 28.6. The van der Waals surface area contributed by atoms with Gasteiger partial charge in [-0.25, -0.2) is 0 Å². The molecule has 1 atom stereocenters. The highest BCUT2D eigenvalue weighted by atomic mass is 16.5. The number of hydrogen-bond donors (Lipinski definition) is 1. The molecule has 220 valence electrons. The molecule has 8 nitrogen and oxygen atoms in total. The summed E-state index contributed by atoms with van der Waals surface area (Å²) in [6.45, 7) is 7.94. The van der Waals surface area contributed by atoms with Gasteiger partial charge >= 0.3 is 0 Å². The maximum atomic E-state index is 13.3. The zero-order valence-electron chi connectivity index (χ0n) is 25.0. The molecule has 0 saturated heterocycles. The smallest absolute Gasteiger partial charge is 0.234 e. The first-order chi connectivity index (χ1) is 19.9. The van der Waals surface area contributed by atoms with E-state index in [2.05, 4.69) is 22.3 Å². The van der Waals surface area contributed by atoms with Gasteiger partial charge in [-0.2, -0.15) is 0 Å². The largest absolute Gasteiger partial charge is 0.494 e. The van der Waals surface area contributed by atoms with Crippen LogP contribution in [0.4, 0.5) is 0 Å². The quantitative estimate of drug-likeness (QED) is 0.301. The Morgan fingerprint density at radius 3 is 2.37 bits per heavy atom. The van der Waals surface area contributed by atoms with Crippen molar-refractivity contribution in [3.8, 4) is 28.7 Å². The Labute approximate surface area is 243 Å². The first-order valence-electron chi connectivity index (χ1n) is 14.2. The highest BCUT2D eigenvalue weighted by Crippen LogP contribution is 2.40. The highest BCUT2D eigenvalue weighted by molar-refractivity contribution is 5.78. The number of carbonyl (C=O) groups excluding carboxylic acids is 1. The van der Waals surface area contributed by atoms with Crippen LogP contribution in [-0.4, -0.2) is 57.9 Å². The molecular formula is C33H42N2O6. The van der Waals surface area contributed by atoms with E-state index in [1.165, 1.54) is 5.56 Å². The molecule has 3 aromatic rings. The van der Waals surface area contributed by atoms with Crippen molar-refractivity contribution in [1.29, 1.82) is 0 Å². The SMILES string of the molecule is CCOc1ccccc1CNC(=O)CN1CCc2cc(OC)c(OC(C)C)cc2C1Cc1ccc(OC)c(OC)c1. The molecule has 4 rings (SSSR count). The summed E-state index contributed by atoms with van der Waals surface area (Å²) >= 11 is 0. The number of hydrogen-bond acceptors (Lipinski definition) is 7. The first-order valence-corrected chi connectivity index (χ1v) is 14.2. The topological polar surface area (TPSA) is 78.5 Å². The molecule has 1 N–H and O–H groups in total. The molecule has 1 heterocycles. The van der Waals surface area contributed by atoms with Crippen LogP contribution in [0.15, 0.2) is 54.6 Å². The second-order valence-corrected chi connectivity index (χ2v) is 10.3. The van der Waals surface area contributed by atoms with Gasteiger partial charge in [-0.15, -0.1) is 0 Å². The fraction of sp³-hybridized carbons (Fsp3) is 0.424. The van der Waals surface area contributed by atoms with Crippen LogP contribution < -0.4 is 29.0 Å². The van der Waals surface area contributed by atoms with Crippen LogP contribution in [-0.2, 0) is 24.2 Å². The summed E-state index contributed by atoms with van der Waals surface area (Å²) in [7, 11) is 4.94. The Morgan fingerprint density at radius 1 is 0.927 bits per heavy atom. The van der Waals surface area contributed by atoms with E-state index in [1.807, 2.05) is 63.2 Å². The van der Waals surface area contributed by atoms with E-state index < -0.39 is 0 Å². The molecule has 0 radical (unpaired) electrons. The first kappa shape index (κ1) is 30.1. The van der Waals surface area contributed by atoms with E-state index in [-0.39, 0.29) is 24.6 Å². The van der Waals surface area contributed by atoms with E-state index in [4.69, 9.17) is 23.7 Å². The molecule has 0 aromatic heterocycles. The number of para-hydroxylation sites is 1. The number of ether oxygens (including phenoxy) is 5. The minimum atomic E-state index is -0.0567. The number of rotatable bonds is 13. The van der Waals surface area contributed by atoms with Crippen LogP contribution in [0.5, 0.6) is 28.7 Å². The third-order valence-corrected chi connectivity index (χ3v) is 7.23. The molecule has 8 heteroatoms. The maximum absolute atomic E-state index is 13.3. The van der Waals surface area contributed by atoms with Gasteiger partial charge in [0.05, 0.1) is 40.6 Å². The second kappa shape index (κ2) is 14.1. The Kier molecular flexibility index (Phi) is 10.4. The van der Waals surface area contributed by atoms with Gasteiger partial charge in [0.25, 0.3) is 0 Å². The molecular weight excluding hydrogens is 520 g/mol. The molecule has 0 spiro atoms. The van der Waals surface area contributed by atoms with Crippen molar-refractivity contribution in [2.24, 2.45) is 0 Å². The summed E-state index contributed by atoms with van der Waals surface area (Å²) in [6, 6.07) is 17.9. The van der Waals surface area contributed by atoms with Crippen LogP contribution in [0, 0.1) is 0 Å². The number of methoxy groups -OCH3 is 3. The van der Waals surface area contributed by atoms with Crippen molar-refractivity contribution >= 4 is 5.91 Å². The molecule has 0 aliphatic carbocycles. The Bertz CT molecular complexity index is 1330. The average Bonchev–Trinajstić information content (AvgIpc) is 2.97. The van der Waals surface area contributed by atoms with Crippen molar-refractivity contribution in [3.05, 3.63) is 76.9 Å². The standard InChI is InChI=1S/C33H42N2O6/c1-7-40-28-11-9-8-10-25(28)20-34-33(36)21-35-15-14-24-18-31(39-6)32(41-22(2)3)19-26(24)27(35)16-23-12-13-29(37-4)30(17-23)38-5/h8-13,17-19,22,27H,7,14-16,20-21H2,1-6H3,(H,34,36). The van der Waals surface area contributed by atoms with Gasteiger partial charge in [-0.05, 0) is 80.6 Å². The molecule has 1 unspecified atom stereocenters. The zero-order valence-corrected chi connectivity index (χ0v) is 25.0. The van der Waals surface area contributed by atoms with Crippen LogP contribution in [0.1, 0.15) is 49.1 Å². The second-order valence-electron chi connectivity index (χ2n) is 10.3. The van der Waals surface area contributed by atoms with E-state index in [0.717, 1.165) is 41.2 Å². The molecule has 0 saturated carbocycles. The monoisotopic (exact) mass is 562 g/mol. The fourth-order valence-corrected chi connectivity index (χ4v) is 5.31. The number of benzene rings is 3. The van der Waals surface area contributed by atoms with Crippen LogP contribution in [0.3, 0.4) is 0 Å². The maximum Gasteiger partial charge on any atom is 0.234 e. The lowest BCUT2D eigenvalue weighted by Gasteiger charge is -2.37. The van der Waals surface area contributed by atoms with Crippen molar-refractivity contribution in [1.82, 2.24) is 10.2 Å². The van der Waals surface area contributed by atoms with E-state index in [9.17, 15) is 4.79 Å². The van der Waals surface area contributed by atoms with E-state index in [0.29, 0.717) is 36.8 Å². The van der Waals surface area contributed by atoms with Gasteiger partial charge in [0.2, 0.25) is 5.91 Å². The predicted molar refractivity (Wildman–Crippen MR) is 159 cm³/mol. The van der Waals surface area contributed by atoms with Crippen molar-refractivity contribution < 1.29 is 28.5 Å². The molecule has 3 aromatic carbocycles. The molecule has 1 aliphatic rings. The number of nitrogens with one attached hydrogen (secondary N) is 1. The van der Waals surface area contributed by atoms with Gasteiger partial charge in [-0.1, -0.05) is 24.3 Å². The molecule has 0 bridgehead atoms. The molecule has 41 heavy (non-hydrogen) atoms. The fourth-order valence-electron chi connectivity index (χ4n) is 5.31. The van der Waals surface area contributed by atoms with Gasteiger partial charge in [0.1, 0.15) is 5.75 Å². The lowest BCUT2D eigenvalue weighted by atomic mass is 9.88. The van der Waals surface area contributed by atoms with Crippen LogP contribution in [0.2, 0.25) is 0 Å². The normalized spacial score (nSPS) is 14.8. The van der Waals surface area contributed by atoms with Crippen LogP contribution in [0.25, 0.3) is 0 Å². The van der Waals surface area contributed by atoms with Gasteiger partial charge in [-0.3, -0.25) is 9.69 Å². The molecule has 0 fully saturated rings. The highest BCUT2D eigenvalue weighted by Gasteiger charge is 2.31. The minimum Gasteiger partial charge on any atom is -0.494 e. The van der Waals surface area contributed by atoms with Crippen molar-refractivity contribution in [2.75, 3.05) is 41.0 Å². The Balaban J connectivity index is 1.62. The lowest BCUT2D eigenvalue weighted by molar-refractivity contribution is -0.123. The van der Waals surface area contributed by atoms with Gasteiger partial charge in [0.15, 0.2) is 23.0 Å². The summed E-state index contributed by atoms with van der Waals surface area (Å²) in [5.74, 6) is 3.54. The third kappa shape index (κ3) is 7.44. The number of nitrogens with zero attached hydrogens (tertiary/aromatic N) is 1. The van der Waals surface area contributed by atoms with Gasteiger partial charge in [0, 0.05) is 24.7 Å². The summed E-state index contributed by atoms with van der Waals surface area (Å²) in [5, 5.41) is 3.10. The number of amides is 1. The summed E-state index contributed by atoms with van der Waals surface area (Å²) in [6.07, 6.45) is 1.48. The zero-order chi connectivity index (χ0) is 29.4.